The fourth-order valence-corrected chi connectivity index (χ4v) is 1.22. The second-order valence-corrected chi connectivity index (χ2v) is 3.89. The van der Waals surface area contributed by atoms with Gasteiger partial charge in [0.1, 0.15) is 0 Å². The summed E-state index contributed by atoms with van der Waals surface area (Å²) in [5, 5.41) is 7.14. The minimum atomic E-state index is 0.506. The zero-order valence-corrected chi connectivity index (χ0v) is 10.3. The van der Waals surface area contributed by atoms with Crippen molar-refractivity contribution in [2.45, 2.75) is 0 Å². The van der Waals surface area contributed by atoms with Crippen LogP contribution in [-0.4, -0.2) is 18.4 Å². The summed E-state index contributed by atoms with van der Waals surface area (Å²) in [6, 6.07) is 5.32. The molecule has 15 heavy (non-hydrogen) atoms. The van der Waals surface area contributed by atoms with Crippen LogP contribution in [0.15, 0.2) is 18.2 Å². The van der Waals surface area contributed by atoms with Crippen LogP contribution in [0.3, 0.4) is 0 Å². The summed E-state index contributed by atoms with van der Waals surface area (Å²) in [4.78, 5) is 0. The maximum absolute atomic E-state index is 5.84. The molecule has 0 aliphatic carbocycles. The van der Waals surface area contributed by atoms with Gasteiger partial charge in [-0.1, -0.05) is 23.2 Å². The molecule has 0 aliphatic heterocycles. The Morgan fingerprint density at radius 1 is 1.40 bits per heavy atom. The molecule has 0 bridgehead atoms. The Morgan fingerprint density at radius 2 is 2.13 bits per heavy atom. The molecule has 0 unspecified atom stereocenters. The second-order valence-electron chi connectivity index (χ2n) is 2.67. The molecule has 0 saturated heterocycles. The van der Waals surface area contributed by atoms with E-state index in [-0.39, 0.29) is 0 Å². The summed E-state index contributed by atoms with van der Waals surface area (Å²) in [5.74, 6) is 0. The molecular weight excluding hydrogens is 253 g/mol. The molecule has 1 aromatic carbocycles. The molecule has 0 aromatic heterocycles. The number of nitrogens with one attached hydrogen (secondary N) is 3. The van der Waals surface area contributed by atoms with E-state index in [1.807, 2.05) is 6.07 Å². The normalized spacial score (nSPS) is 10.3. The molecule has 1 aromatic rings. The van der Waals surface area contributed by atoms with Gasteiger partial charge in [0.05, 0.1) is 10.0 Å². The first kappa shape index (κ1) is 12.2. The summed E-state index contributed by atoms with van der Waals surface area (Å²) in [5.41, 5.74) is 3.65. The van der Waals surface area contributed by atoms with Gasteiger partial charge in [-0.15, -0.1) is 10.5 Å². The van der Waals surface area contributed by atoms with E-state index in [0.29, 0.717) is 15.2 Å². The monoisotopic (exact) mass is 262 g/mol. The fourth-order valence-electron chi connectivity index (χ4n) is 0.850. The van der Waals surface area contributed by atoms with Crippen LogP contribution in [0.25, 0.3) is 0 Å². The van der Waals surface area contributed by atoms with E-state index < -0.39 is 0 Å². The molecular formula is C9H10Cl2N3S+. The smallest absolute Gasteiger partial charge is 0.223 e. The number of halogens is 2. The maximum atomic E-state index is 5.84. The van der Waals surface area contributed by atoms with E-state index in [0.717, 1.165) is 5.56 Å². The highest BCUT2D eigenvalue weighted by atomic mass is 35.5. The molecule has 0 heterocycles. The molecule has 80 valence electrons. The van der Waals surface area contributed by atoms with Crippen molar-refractivity contribution >= 4 is 46.7 Å². The largest absolute Gasteiger partial charge is 0.361 e. The molecule has 3 N–H and O–H groups in total. The van der Waals surface area contributed by atoms with Gasteiger partial charge in [0.25, 0.3) is 0 Å². The topological polar surface area (TPSA) is 38.0 Å². The SMILES string of the molecule is CNC(=S)N[NH+]=Cc1ccc(Cl)c(Cl)c1. The van der Waals surface area contributed by atoms with E-state index in [4.69, 9.17) is 35.4 Å². The highest BCUT2D eigenvalue weighted by molar-refractivity contribution is 7.80. The van der Waals surface area contributed by atoms with Gasteiger partial charge >= 0.3 is 0 Å². The van der Waals surface area contributed by atoms with Crippen molar-refractivity contribution in [1.82, 2.24) is 10.7 Å². The van der Waals surface area contributed by atoms with Gasteiger partial charge in [-0.2, -0.15) is 0 Å². The van der Waals surface area contributed by atoms with Crippen molar-refractivity contribution < 1.29 is 5.10 Å². The van der Waals surface area contributed by atoms with Gasteiger partial charge in [-0.25, -0.2) is 0 Å². The molecule has 0 saturated carbocycles. The van der Waals surface area contributed by atoms with E-state index in [2.05, 4.69) is 15.8 Å². The van der Waals surface area contributed by atoms with Gasteiger partial charge in [0, 0.05) is 12.6 Å². The molecule has 6 heteroatoms. The molecule has 0 atom stereocenters. The number of hydrazone groups is 1. The van der Waals surface area contributed by atoms with Crippen LogP contribution in [0.4, 0.5) is 0 Å². The van der Waals surface area contributed by atoms with Crippen LogP contribution in [0.1, 0.15) is 5.56 Å². The quantitative estimate of drug-likeness (QED) is 0.413. The maximum Gasteiger partial charge on any atom is 0.223 e. The first-order valence-corrected chi connectivity index (χ1v) is 5.31. The first-order valence-electron chi connectivity index (χ1n) is 4.15. The average Bonchev–Trinajstić information content (AvgIpc) is 2.23. The van der Waals surface area contributed by atoms with Crippen LogP contribution in [0, 0.1) is 0 Å². The Morgan fingerprint density at radius 3 is 2.73 bits per heavy atom. The van der Waals surface area contributed by atoms with E-state index >= 15 is 0 Å². The number of hydrogen-bond acceptors (Lipinski definition) is 1. The second kappa shape index (κ2) is 5.90. The summed E-state index contributed by atoms with van der Waals surface area (Å²) < 4.78 is 0. The van der Waals surface area contributed by atoms with Crippen molar-refractivity contribution in [3.05, 3.63) is 33.8 Å². The number of hydrazine groups is 1. The summed E-state index contributed by atoms with van der Waals surface area (Å²) >= 11 is 16.5. The highest BCUT2D eigenvalue weighted by Crippen LogP contribution is 2.21. The average molecular weight is 263 g/mol. The van der Waals surface area contributed by atoms with Crippen molar-refractivity contribution in [3.8, 4) is 0 Å². The van der Waals surface area contributed by atoms with Crippen molar-refractivity contribution in [3.63, 3.8) is 0 Å². The Hall–Kier alpha value is -0.840. The van der Waals surface area contributed by atoms with Gasteiger partial charge < -0.3 is 5.32 Å². The van der Waals surface area contributed by atoms with Crippen LogP contribution in [0.5, 0.6) is 0 Å². The van der Waals surface area contributed by atoms with Gasteiger partial charge in [0.2, 0.25) is 5.11 Å². The number of hydrogen-bond donors (Lipinski definition) is 3. The predicted molar refractivity (Wildman–Crippen MR) is 67.4 cm³/mol. The van der Waals surface area contributed by atoms with Gasteiger partial charge in [-0.3, -0.25) is 0 Å². The van der Waals surface area contributed by atoms with Gasteiger partial charge in [0.15, 0.2) is 6.21 Å². The lowest BCUT2D eigenvalue weighted by Gasteiger charge is -1.96. The van der Waals surface area contributed by atoms with E-state index in [1.54, 1.807) is 25.4 Å². The zero-order valence-electron chi connectivity index (χ0n) is 7.97. The molecule has 1 rings (SSSR count). The van der Waals surface area contributed by atoms with Crippen molar-refractivity contribution in [2.75, 3.05) is 7.05 Å². The summed E-state index contributed by atoms with van der Waals surface area (Å²) in [7, 11) is 1.73. The standard InChI is InChI=1S/C9H9Cl2N3S/c1-12-9(15)14-13-5-6-2-3-7(10)8(11)4-6/h2-5H,1H3,(H2,12,14,15)/p+1. The van der Waals surface area contributed by atoms with Gasteiger partial charge in [-0.05, 0) is 30.4 Å². The zero-order chi connectivity index (χ0) is 11.3. The summed E-state index contributed by atoms with van der Waals surface area (Å²) in [6.07, 6.45) is 1.73. The molecule has 0 spiro atoms. The van der Waals surface area contributed by atoms with E-state index in [1.165, 1.54) is 0 Å². The minimum absolute atomic E-state index is 0.506. The van der Waals surface area contributed by atoms with Crippen LogP contribution < -0.4 is 15.8 Å². The Bertz CT molecular complexity index is 393. The highest BCUT2D eigenvalue weighted by Gasteiger charge is 1.99. The lowest BCUT2D eigenvalue weighted by molar-refractivity contribution is -0.500. The minimum Gasteiger partial charge on any atom is -0.361 e. The lowest BCUT2D eigenvalue weighted by atomic mass is 10.2. The number of thiocarbonyl (C=S) groups is 1. The van der Waals surface area contributed by atoms with Crippen LogP contribution in [-0.2, 0) is 0 Å². The third-order valence-electron chi connectivity index (χ3n) is 1.60. The Labute approximate surface area is 103 Å². The predicted octanol–water partition coefficient (Wildman–Crippen LogP) is 0.502. The Balaban J connectivity index is 2.65. The molecule has 3 nitrogen and oxygen atoms in total. The van der Waals surface area contributed by atoms with Crippen molar-refractivity contribution in [2.24, 2.45) is 0 Å². The molecule has 0 radical (unpaired) electrons. The fraction of sp³-hybridized carbons (Fsp3) is 0.111. The number of benzene rings is 1. The third-order valence-corrected chi connectivity index (χ3v) is 2.64. The van der Waals surface area contributed by atoms with E-state index in [9.17, 15) is 0 Å². The Kier molecular flexibility index (Phi) is 4.81. The van der Waals surface area contributed by atoms with Crippen molar-refractivity contribution in [1.29, 1.82) is 0 Å². The molecule has 0 fully saturated rings. The lowest BCUT2D eigenvalue weighted by Crippen LogP contribution is -2.82. The van der Waals surface area contributed by atoms with Crippen LogP contribution in [0.2, 0.25) is 10.0 Å². The third kappa shape index (κ3) is 4.03. The van der Waals surface area contributed by atoms with Crippen LogP contribution >= 0.6 is 35.4 Å². The molecule has 0 aliphatic rings. The first-order chi connectivity index (χ1) is 7.13. The molecule has 0 amide bonds. The number of rotatable bonds is 2. The summed E-state index contributed by atoms with van der Waals surface area (Å²) in [6.45, 7) is 0.